The molecule has 0 spiro atoms. The molecule has 0 bridgehead atoms. The van der Waals surface area contributed by atoms with Crippen molar-refractivity contribution in [3.8, 4) is 11.8 Å². The number of allylic oxidation sites excluding steroid dienone is 2. The van der Waals surface area contributed by atoms with E-state index in [0.29, 0.717) is 0 Å². The Labute approximate surface area is 117 Å². The zero-order valence-electron chi connectivity index (χ0n) is 8.89. The molecule has 2 aromatic heterocycles. The third-order valence-electron chi connectivity index (χ3n) is 1.92. The average molecular weight is 321 g/mol. The van der Waals surface area contributed by atoms with Crippen LogP contribution in [0.15, 0.2) is 45.6 Å². The summed E-state index contributed by atoms with van der Waals surface area (Å²) in [6.07, 6.45) is 7.78. The molecule has 0 aliphatic rings. The summed E-state index contributed by atoms with van der Waals surface area (Å²) < 4.78 is 1.12. The van der Waals surface area contributed by atoms with Crippen molar-refractivity contribution in [1.29, 1.82) is 0 Å². The molecule has 2 rings (SSSR count). The van der Waals surface area contributed by atoms with Crippen molar-refractivity contribution in [2.24, 2.45) is 0 Å². The van der Waals surface area contributed by atoms with E-state index in [4.69, 9.17) is 0 Å². The van der Waals surface area contributed by atoms with Gasteiger partial charge in [0.05, 0.1) is 0 Å². The minimum atomic E-state index is 1.12. The zero-order valence-corrected chi connectivity index (χ0v) is 12.1. The molecule has 84 valence electrons. The first-order chi connectivity index (χ1) is 8.36. The van der Waals surface area contributed by atoms with E-state index >= 15 is 0 Å². The molecule has 0 unspecified atom stereocenters. The summed E-state index contributed by atoms with van der Waals surface area (Å²) in [6, 6.07) is 6.14. The van der Waals surface area contributed by atoms with Gasteiger partial charge in [-0.3, -0.25) is 0 Å². The highest BCUT2D eigenvalue weighted by molar-refractivity contribution is 9.10. The monoisotopic (exact) mass is 320 g/mol. The van der Waals surface area contributed by atoms with Gasteiger partial charge in [0, 0.05) is 14.2 Å². The second-order valence-corrected chi connectivity index (χ2v) is 5.88. The molecule has 0 saturated carbocycles. The molecule has 0 N–H and O–H groups in total. The first-order valence-corrected chi connectivity index (χ1v) is 7.52. The molecule has 0 atom stereocenters. The fraction of sp³-hybridized carbons (Fsp3) is 0. The second-order valence-electron chi connectivity index (χ2n) is 3.10. The van der Waals surface area contributed by atoms with Crippen LogP contribution in [-0.4, -0.2) is 0 Å². The van der Waals surface area contributed by atoms with Gasteiger partial charge in [0.25, 0.3) is 0 Å². The minimum Gasteiger partial charge on any atom is -0.144 e. The van der Waals surface area contributed by atoms with Gasteiger partial charge in [0.1, 0.15) is 0 Å². The van der Waals surface area contributed by atoms with E-state index in [1.54, 1.807) is 22.7 Å². The van der Waals surface area contributed by atoms with E-state index < -0.39 is 0 Å². The number of rotatable bonds is 2. The summed E-state index contributed by atoms with van der Waals surface area (Å²) in [5.74, 6) is 5.97. The Morgan fingerprint density at radius 3 is 2.47 bits per heavy atom. The first kappa shape index (κ1) is 12.4. The lowest BCUT2D eigenvalue weighted by Crippen LogP contribution is -1.60. The Morgan fingerprint density at radius 1 is 1.00 bits per heavy atom. The fourth-order valence-corrected chi connectivity index (χ4v) is 3.16. The van der Waals surface area contributed by atoms with Crippen molar-refractivity contribution in [2.45, 2.75) is 0 Å². The van der Waals surface area contributed by atoms with Crippen LogP contribution in [0.3, 0.4) is 0 Å². The highest BCUT2D eigenvalue weighted by Gasteiger charge is 1.93. The lowest BCUT2D eigenvalue weighted by atomic mass is 10.4. The highest BCUT2D eigenvalue weighted by Crippen LogP contribution is 2.23. The number of hydrogen-bond acceptors (Lipinski definition) is 2. The van der Waals surface area contributed by atoms with E-state index in [0.717, 1.165) is 4.47 Å². The van der Waals surface area contributed by atoms with Crippen LogP contribution in [0.1, 0.15) is 9.75 Å². The summed E-state index contributed by atoms with van der Waals surface area (Å²) in [7, 11) is 0. The fourth-order valence-electron chi connectivity index (χ4n) is 1.15. The van der Waals surface area contributed by atoms with Crippen LogP contribution in [-0.2, 0) is 0 Å². The maximum atomic E-state index is 3.47. The Kier molecular flexibility index (Phi) is 4.81. The van der Waals surface area contributed by atoms with Gasteiger partial charge in [-0.2, -0.15) is 0 Å². The van der Waals surface area contributed by atoms with Crippen LogP contribution in [0.5, 0.6) is 0 Å². The molecule has 0 radical (unpaired) electrons. The predicted octanol–water partition coefficient (Wildman–Crippen LogP) is 5.30. The third-order valence-corrected chi connectivity index (χ3v) is 4.59. The highest BCUT2D eigenvalue weighted by atomic mass is 79.9. The van der Waals surface area contributed by atoms with Crippen molar-refractivity contribution < 1.29 is 0 Å². The Bertz CT molecular complexity index is 577. The van der Waals surface area contributed by atoms with Crippen molar-refractivity contribution in [2.75, 3.05) is 0 Å². The van der Waals surface area contributed by atoms with Crippen LogP contribution in [0, 0.1) is 11.8 Å². The van der Waals surface area contributed by atoms with E-state index in [-0.39, 0.29) is 0 Å². The molecular weight excluding hydrogens is 312 g/mol. The Hall–Kier alpha value is -1.08. The largest absolute Gasteiger partial charge is 0.144 e. The van der Waals surface area contributed by atoms with Gasteiger partial charge in [-0.05, 0) is 63.1 Å². The van der Waals surface area contributed by atoms with Crippen molar-refractivity contribution >= 4 is 50.8 Å². The van der Waals surface area contributed by atoms with Gasteiger partial charge in [0.2, 0.25) is 0 Å². The number of hydrogen-bond donors (Lipinski definition) is 0. The van der Waals surface area contributed by atoms with Crippen molar-refractivity contribution in [1.82, 2.24) is 0 Å². The number of halogens is 1. The number of thiophene rings is 2. The standard InChI is InChI=1S/C14H9BrS2/c15-13-9-11-17-14(13)8-4-2-1-3-6-12-7-5-10-16-12/h3-11H/b6-3-,8-4-. The van der Waals surface area contributed by atoms with Gasteiger partial charge in [0.15, 0.2) is 0 Å². The van der Waals surface area contributed by atoms with Gasteiger partial charge >= 0.3 is 0 Å². The smallest absolute Gasteiger partial charge is 0.0418 e. The third kappa shape index (κ3) is 4.01. The molecule has 0 aliphatic heterocycles. The van der Waals surface area contributed by atoms with Gasteiger partial charge in [-0.25, -0.2) is 0 Å². The lowest BCUT2D eigenvalue weighted by molar-refractivity contribution is 1.84. The topological polar surface area (TPSA) is 0 Å². The molecule has 0 fully saturated rings. The molecule has 2 heterocycles. The zero-order chi connectivity index (χ0) is 11.9. The molecule has 3 heteroatoms. The van der Waals surface area contributed by atoms with Gasteiger partial charge in [-0.15, -0.1) is 22.7 Å². The average Bonchev–Trinajstić information content (AvgIpc) is 2.95. The van der Waals surface area contributed by atoms with E-state index in [1.807, 2.05) is 41.8 Å². The van der Waals surface area contributed by atoms with Crippen LogP contribution < -0.4 is 0 Å². The molecule has 0 nitrogen and oxygen atoms in total. The van der Waals surface area contributed by atoms with Crippen LogP contribution >= 0.6 is 38.6 Å². The van der Waals surface area contributed by atoms with Crippen LogP contribution in [0.4, 0.5) is 0 Å². The predicted molar refractivity (Wildman–Crippen MR) is 82.2 cm³/mol. The summed E-state index contributed by atoms with van der Waals surface area (Å²) in [5, 5.41) is 4.11. The lowest BCUT2D eigenvalue weighted by Gasteiger charge is -1.83. The second kappa shape index (κ2) is 6.61. The quantitative estimate of drug-likeness (QED) is 0.658. The van der Waals surface area contributed by atoms with Crippen molar-refractivity contribution in [3.63, 3.8) is 0 Å². The molecule has 17 heavy (non-hydrogen) atoms. The first-order valence-electron chi connectivity index (χ1n) is 4.97. The molecule has 2 aromatic rings. The molecule has 0 aromatic carbocycles. The molecule has 0 aliphatic carbocycles. The maximum absolute atomic E-state index is 3.47. The summed E-state index contributed by atoms with van der Waals surface area (Å²) in [4.78, 5) is 2.42. The Balaban J connectivity index is 1.91. The van der Waals surface area contributed by atoms with Crippen molar-refractivity contribution in [3.05, 3.63) is 55.3 Å². The molecular formula is C14H9BrS2. The van der Waals surface area contributed by atoms with E-state index in [1.165, 1.54) is 9.75 Å². The maximum Gasteiger partial charge on any atom is 0.0418 e. The summed E-state index contributed by atoms with van der Waals surface area (Å²) in [6.45, 7) is 0. The van der Waals surface area contributed by atoms with Gasteiger partial charge in [-0.1, -0.05) is 17.9 Å². The minimum absolute atomic E-state index is 1.12. The normalized spacial score (nSPS) is 10.9. The van der Waals surface area contributed by atoms with Gasteiger partial charge < -0.3 is 0 Å². The van der Waals surface area contributed by atoms with E-state index in [9.17, 15) is 0 Å². The summed E-state index contributed by atoms with van der Waals surface area (Å²) in [5.41, 5.74) is 0. The Morgan fingerprint density at radius 2 is 1.82 bits per heavy atom. The summed E-state index contributed by atoms with van der Waals surface area (Å²) >= 11 is 6.88. The molecule has 0 saturated heterocycles. The van der Waals surface area contributed by atoms with Crippen LogP contribution in [0.2, 0.25) is 0 Å². The van der Waals surface area contributed by atoms with Crippen LogP contribution in [0.25, 0.3) is 12.2 Å². The SMILES string of the molecule is Brc1ccsc1/C=C\C#C/C=C\c1cccs1. The van der Waals surface area contributed by atoms with E-state index in [2.05, 4.69) is 39.2 Å². The molecule has 0 amide bonds.